The summed E-state index contributed by atoms with van der Waals surface area (Å²) in [5, 5.41) is 17.0. The van der Waals surface area contributed by atoms with E-state index in [-0.39, 0.29) is 0 Å². The summed E-state index contributed by atoms with van der Waals surface area (Å²) in [5.41, 5.74) is -0.0321. The van der Waals surface area contributed by atoms with Gasteiger partial charge < -0.3 is 9.47 Å². The van der Waals surface area contributed by atoms with Crippen LogP contribution in [-0.2, 0) is 4.79 Å². The van der Waals surface area contributed by atoms with Gasteiger partial charge in [-0.1, -0.05) is 30.3 Å². The maximum Gasteiger partial charge on any atom is 0.298 e. The Morgan fingerprint density at radius 1 is 1.26 bits per heavy atom. The third-order valence-electron chi connectivity index (χ3n) is 4.99. The fourth-order valence-corrected chi connectivity index (χ4v) is 3.75. The van der Waals surface area contributed by atoms with E-state index in [1.54, 1.807) is 49.4 Å². The first-order chi connectivity index (χ1) is 13.0. The Labute approximate surface area is 155 Å². The number of amides is 1. The number of carbonyl (C=O) groups excluding carboxylic acids is 1. The van der Waals surface area contributed by atoms with Gasteiger partial charge in [-0.25, -0.2) is 0 Å². The third kappa shape index (κ3) is 2.37. The predicted octanol–water partition coefficient (Wildman–Crippen LogP) is 2.61. The Morgan fingerprint density at radius 2 is 2.00 bits per heavy atom. The largest absolute Gasteiger partial charge is 0.493 e. The van der Waals surface area contributed by atoms with Crippen molar-refractivity contribution in [3.8, 4) is 11.5 Å². The second kappa shape index (κ2) is 6.08. The van der Waals surface area contributed by atoms with Gasteiger partial charge in [-0.15, -0.1) is 0 Å². The molecule has 2 aromatic carbocycles. The van der Waals surface area contributed by atoms with Crippen molar-refractivity contribution in [2.75, 3.05) is 18.7 Å². The number of methoxy groups -OCH3 is 1. The van der Waals surface area contributed by atoms with E-state index in [0.717, 1.165) is 0 Å². The lowest BCUT2D eigenvalue weighted by atomic mass is 9.80. The monoisotopic (exact) mass is 367 g/mol. The van der Waals surface area contributed by atoms with Crippen LogP contribution in [0, 0.1) is 10.1 Å². The third-order valence-corrected chi connectivity index (χ3v) is 4.99. The van der Waals surface area contributed by atoms with E-state index in [9.17, 15) is 14.9 Å². The van der Waals surface area contributed by atoms with E-state index < -0.39 is 28.9 Å². The minimum atomic E-state index is -1.56. The maximum atomic E-state index is 13.4. The lowest BCUT2D eigenvalue weighted by molar-refractivity contribution is -0.484. The molecule has 0 saturated heterocycles. The van der Waals surface area contributed by atoms with Crippen molar-refractivity contribution < 1.29 is 19.2 Å². The van der Waals surface area contributed by atoms with Gasteiger partial charge in [0, 0.05) is 10.5 Å². The molecule has 1 spiro atoms. The van der Waals surface area contributed by atoms with E-state index in [2.05, 4.69) is 5.10 Å². The molecule has 138 valence electrons. The summed E-state index contributed by atoms with van der Waals surface area (Å²) in [4.78, 5) is 24.4. The molecule has 0 bridgehead atoms. The van der Waals surface area contributed by atoms with E-state index in [1.807, 2.05) is 6.07 Å². The van der Waals surface area contributed by atoms with Crippen molar-refractivity contribution in [3.63, 3.8) is 0 Å². The molecule has 2 aliphatic heterocycles. The molecule has 27 heavy (non-hydrogen) atoms. The number of nitrogens with zero attached hydrogens (tertiary/aromatic N) is 3. The first-order valence-corrected chi connectivity index (χ1v) is 8.42. The highest BCUT2D eigenvalue weighted by Gasteiger charge is 2.64. The predicted molar refractivity (Wildman–Crippen MR) is 98.0 cm³/mol. The highest BCUT2D eigenvalue weighted by molar-refractivity contribution is 6.23. The van der Waals surface area contributed by atoms with Crippen molar-refractivity contribution in [3.05, 3.63) is 64.2 Å². The zero-order valence-electron chi connectivity index (χ0n) is 14.8. The number of fused-ring (bicyclic) bond motifs is 1. The van der Waals surface area contributed by atoms with Gasteiger partial charge in [0.2, 0.25) is 12.1 Å². The van der Waals surface area contributed by atoms with Gasteiger partial charge in [-0.2, -0.15) is 10.1 Å². The van der Waals surface area contributed by atoms with Gasteiger partial charge in [0.15, 0.2) is 11.5 Å². The van der Waals surface area contributed by atoms with Crippen molar-refractivity contribution in [1.29, 1.82) is 0 Å². The lowest BCUT2D eigenvalue weighted by Gasteiger charge is -2.27. The van der Waals surface area contributed by atoms with Gasteiger partial charge in [0.1, 0.15) is 5.92 Å². The molecule has 2 aliphatic rings. The number of benzene rings is 2. The molecular formula is C19H17N3O5. The number of carbonyl (C=O) groups is 1. The number of anilines is 1. The molecule has 0 aliphatic carbocycles. The molecular weight excluding hydrogens is 350 g/mol. The van der Waals surface area contributed by atoms with Gasteiger partial charge >= 0.3 is 0 Å². The number of rotatable bonds is 4. The van der Waals surface area contributed by atoms with Crippen molar-refractivity contribution in [1.82, 2.24) is 0 Å². The van der Waals surface area contributed by atoms with Gasteiger partial charge in [0.25, 0.3) is 5.91 Å². The second-order valence-corrected chi connectivity index (χ2v) is 6.42. The van der Waals surface area contributed by atoms with Crippen LogP contribution >= 0.6 is 0 Å². The van der Waals surface area contributed by atoms with Crippen LogP contribution in [0.2, 0.25) is 0 Å². The number of hydrogen-bond donors (Lipinski definition) is 0. The van der Waals surface area contributed by atoms with Crippen LogP contribution in [0.4, 0.5) is 5.69 Å². The average molecular weight is 367 g/mol. The highest BCUT2D eigenvalue weighted by atomic mass is 16.6. The van der Waals surface area contributed by atoms with Crippen LogP contribution in [-0.4, -0.2) is 35.8 Å². The summed E-state index contributed by atoms with van der Waals surface area (Å²) in [7, 11) is 1.49. The molecule has 8 heteroatoms. The van der Waals surface area contributed by atoms with Crippen LogP contribution in [0.1, 0.15) is 18.4 Å². The SMILES string of the molecule is COc1cccc2c1O[C@]1(C(=O)N(c3ccccc3)N=C1C)[C@@H]2C[N+](=O)[O-]. The fraction of sp³-hybridized carbons (Fsp3) is 0.263. The van der Waals surface area contributed by atoms with Crippen molar-refractivity contribution >= 4 is 17.3 Å². The highest BCUT2D eigenvalue weighted by Crippen LogP contribution is 2.52. The molecule has 1 amide bonds. The quantitative estimate of drug-likeness (QED) is 0.612. The van der Waals surface area contributed by atoms with E-state index in [1.165, 1.54) is 12.1 Å². The molecule has 4 rings (SSSR count). The summed E-state index contributed by atoms with van der Waals surface area (Å²) in [6.45, 7) is 1.20. The van der Waals surface area contributed by atoms with E-state index in [0.29, 0.717) is 28.5 Å². The lowest BCUT2D eigenvalue weighted by Crippen LogP contribution is -2.54. The minimum absolute atomic E-state index is 0.352. The first kappa shape index (κ1) is 17.0. The molecule has 2 heterocycles. The van der Waals surface area contributed by atoms with E-state index in [4.69, 9.17) is 9.47 Å². The zero-order valence-corrected chi connectivity index (χ0v) is 14.8. The van der Waals surface area contributed by atoms with Gasteiger partial charge in [-0.3, -0.25) is 14.9 Å². The van der Waals surface area contributed by atoms with Crippen LogP contribution < -0.4 is 14.5 Å². The Bertz CT molecular complexity index is 959. The Morgan fingerprint density at radius 3 is 2.67 bits per heavy atom. The topological polar surface area (TPSA) is 94.3 Å². The maximum absolute atomic E-state index is 13.4. The second-order valence-electron chi connectivity index (χ2n) is 6.42. The Balaban J connectivity index is 1.85. The molecule has 0 N–H and O–H groups in total. The average Bonchev–Trinajstić information content (AvgIpc) is 3.13. The number of hydrogen-bond acceptors (Lipinski definition) is 6. The number of nitro groups is 1. The van der Waals surface area contributed by atoms with Crippen molar-refractivity contribution in [2.24, 2.45) is 5.10 Å². The number of para-hydroxylation sites is 2. The van der Waals surface area contributed by atoms with Gasteiger partial charge in [-0.05, 0) is 25.1 Å². The molecule has 2 aromatic rings. The van der Waals surface area contributed by atoms with Crippen LogP contribution in [0.3, 0.4) is 0 Å². The first-order valence-electron chi connectivity index (χ1n) is 8.42. The zero-order chi connectivity index (χ0) is 19.2. The Kier molecular flexibility index (Phi) is 3.83. The summed E-state index contributed by atoms with van der Waals surface area (Å²) in [6.07, 6.45) is 0. The number of hydrazone groups is 1. The van der Waals surface area contributed by atoms with E-state index >= 15 is 0 Å². The smallest absolute Gasteiger partial charge is 0.298 e. The molecule has 2 atom stereocenters. The molecule has 0 unspecified atom stereocenters. The standard InChI is InChI=1S/C19H17N3O5/c1-12-19(18(23)22(20-12)13-7-4-3-5-8-13)15(11-21(24)25)14-9-6-10-16(26-2)17(14)27-19/h3-10,15H,11H2,1-2H3/t15-,19+/m1/s1. The normalized spacial score (nSPS) is 23.2. The molecule has 0 saturated carbocycles. The summed E-state index contributed by atoms with van der Waals surface area (Å²) >= 11 is 0. The van der Waals surface area contributed by atoms with Crippen LogP contribution in [0.5, 0.6) is 11.5 Å². The molecule has 0 fully saturated rings. The van der Waals surface area contributed by atoms with Gasteiger partial charge in [0.05, 0.1) is 18.5 Å². The van der Waals surface area contributed by atoms with Crippen molar-refractivity contribution in [2.45, 2.75) is 18.4 Å². The van der Waals surface area contributed by atoms with Crippen LogP contribution in [0.15, 0.2) is 53.6 Å². The van der Waals surface area contributed by atoms with Crippen LogP contribution in [0.25, 0.3) is 0 Å². The fourth-order valence-electron chi connectivity index (χ4n) is 3.75. The molecule has 8 nitrogen and oxygen atoms in total. The molecule has 0 aromatic heterocycles. The summed E-state index contributed by atoms with van der Waals surface area (Å²) in [6, 6.07) is 14.1. The summed E-state index contributed by atoms with van der Waals surface area (Å²) < 4.78 is 11.5. The summed E-state index contributed by atoms with van der Waals surface area (Å²) in [5.74, 6) is -0.472. The Hall–Kier alpha value is -3.42. The molecule has 0 radical (unpaired) electrons. The number of ether oxygens (including phenoxy) is 2. The minimum Gasteiger partial charge on any atom is -0.493 e.